The van der Waals surface area contributed by atoms with E-state index in [1.54, 1.807) is 18.3 Å². The van der Waals surface area contributed by atoms with Crippen LogP contribution >= 0.6 is 0 Å². The number of hydrogen-bond acceptors (Lipinski definition) is 4. The van der Waals surface area contributed by atoms with Crippen molar-refractivity contribution in [3.63, 3.8) is 0 Å². The lowest BCUT2D eigenvalue weighted by Gasteiger charge is -2.08. The normalized spacial score (nSPS) is 15.7. The highest BCUT2D eigenvalue weighted by molar-refractivity contribution is 5.98. The van der Waals surface area contributed by atoms with E-state index in [-0.39, 0.29) is 5.97 Å². The average molecular weight is 285 g/mol. The zero-order valence-corrected chi connectivity index (χ0v) is 12.3. The van der Waals surface area contributed by atoms with E-state index < -0.39 is 0 Å². The van der Waals surface area contributed by atoms with E-state index in [1.165, 1.54) is 20.0 Å². The summed E-state index contributed by atoms with van der Waals surface area (Å²) in [4.78, 5) is 11.9. The molecule has 0 saturated heterocycles. The van der Waals surface area contributed by atoms with Gasteiger partial charge in [0.15, 0.2) is 0 Å². The number of aromatic nitrogens is 2. The number of nitrogens with zero attached hydrogens (tertiary/aromatic N) is 2. The lowest BCUT2D eigenvalue weighted by molar-refractivity contribution is 0.0601. The highest BCUT2D eigenvalue weighted by Crippen LogP contribution is 2.46. The molecule has 0 amide bonds. The summed E-state index contributed by atoms with van der Waals surface area (Å²) in [7, 11) is 1.37. The first-order valence-corrected chi connectivity index (χ1v) is 7.01. The molecule has 1 aliphatic rings. The third kappa shape index (κ3) is 2.77. The third-order valence-electron chi connectivity index (χ3n) is 4.04. The Balaban J connectivity index is 1.94. The Labute approximate surface area is 123 Å². The van der Waals surface area contributed by atoms with Crippen LogP contribution in [0.4, 0.5) is 5.69 Å². The molecular weight excluding hydrogens is 266 g/mol. The van der Waals surface area contributed by atoms with Gasteiger partial charge in [0.05, 0.1) is 18.9 Å². The van der Waals surface area contributed by atoms with E-state index in [2.05, 4.69) is 12.0 Å². The van der Waals surface area contributed by atoms with Gasteiger partial charge in [0.25, 0.3) is 0 Å². The monoisotopic (exact) mass is 285 g/mol. The Kier molecular flexibility index (Phi) is 3.20. The molecule has 2 N–H and O–H groups in total. The van der Waals surface area contributed by atoms with Crippen molar-refractivity contribution in [2.75, 3.05) is 12.8 Å². The molecular formula is C16H19N3O2. The van der Waals surface area contributed by atoms with Gasteiger partial charge in [0.1, 0.15) is 0 Å². The van der Waals surface area contributed by atoms with Crippen LogP contribution in [-0.2, 0) is 11.3 Å². The van der Waals surface area contributed by atoms with Crippen LogP contribution in [0.25, 0.3) is 11.1 Å². The topological polar surface area (TPSA) is 70.1 Å². The van der Waals surface area contributed by atoms with Gasteiger partial charge in [-0.2, -0.15) is 5.10 Å². The maximum absolute atomic E-state index is 11.9. The maximum Gasteiger partial charge on any atom is 0.338 e. The molecule has 110 valence electrons. The second-order valence-corrected chi connectivity index (χ2v) is 6.03. The minimum atomic E-state index is -0.390. The van der Waals surface area contributed by atoms with Crippen molar-refractivity contribution in [3.05, 3.63) is 36.2 Å². The zero-order chi connectivity index (χ0) is 15.0. The smallest absolute Gasteiger partial charge is 0.338 e. The number of nitrogens with two attached hydrogens (primary N) is 1. The number of ether oxygens (including phenoxy) is 1. The Morgan fingerprint density at radius 3 is 2.90 bits per heavy atom. The lowest BCUT2D eigenvalue weighted by atomic mass is 10.0. The number of benzene rings is 1. The molecule has 0 atom stereocenters. The molecule has 0 bridgehead atoms. The quantitative estimate of drug-likeness (QED) is 0.692. The Bertz CT molecular complexity index is 687. The molecule has 5 nitrogen and oxygen atoms in total. The number of anilines is 1. The Hall–Kier alpha value is -2.30. The summed E-state index contributed by atoms with van der Waals surface area (Å²) in [6.45, 7) is 3.17. The molecule has 2 aromatic rings. The summed E-state index contributed by atoms with van der Waals surface area (Å²) in [6.07, 6.45) is 6.25. The molecule has 1 aliphatic carbocycles. The highest BCUT2D eigenvalue weighted by Gasteiger charge is 2.37. The van der Waals surface area contributed by atoms with Crippen LogP contribution in [-0.4, -0.2) is 22.9 Å². The van der Waals surface area contributed by atoms with E-state index in [4.69, 9.17) is 10.5 Å². The second-order valence-electron chi connectivity index (χ2n) is 6.03. The fourth-order valence-electron chi connectivity index (χ4n) is 2.44. The van der Waals surface area contributed by atoms with E-state index in [1.807, 2.05) is 16.9 Å². The van der Waals surface area contributed by atoms with Crippen LogP contribution in [0.1, 0.15) is 30.1 Å². The van der Waals surface area contributed by atoms with E-state index >= 15 is 0 Å². The van der Waals surface area contributed by atoms with Crippen molar-refractivity contribution in [1.82, 2.24) is 9.78 Å². The fraction of sp³-hybridized carbons (Fsp3) is 0.375. The molecule has 1 heterocycles. The van der Waals surface area contributed by atoms with E-state index in [0.717, 1.165) is 17.7 Å². The average Bonchev–Trinajstić information content (AvgIpc) is 3.01. The predicted molar refractivity (Wildman–Crippen MR) is 80.8 cm³/mol. The molecule has 1 aromatic carbocycles. The van der Waals surface area contributed by atoms with Crippen LogP contribution in [0.5, 0.6) is 0 Å². The molecule has 5 heteroatoms. The van der Waals surface area contributed by atoms with Gasteiger partial charge < -0.3 is 10.5 Å². The summed E-state index contributed by atoms with van der Waals surface area (Å²) in [5, 5.41) is 4.40. The molecule has 0 aliphatic heterocycles. The third-order valence-corrected chi connectivity index (χ3v) is 4.04. The van der Waals surface area contributed by atoms with E-state index in [9.17, 15) is 4.79 Å². The number of carbonyl (C=O) groups is 1. The fourth-order valence-corrected chi connectivity index (χ4v) is 2.44. The van der Waals surface area contributed by atoms with Crippen LogP contribution in [0.2, 0.25) is 0 Å². The minimum absolute atomic E-state index is 0.385. The summed E-state index contributed by atoms with van der Waals surface area (Å²) >= 11 is 0. The van der Waals surface area contributed by atoms with Gasteiger partial charge in [-0.05, 0) is 36.0 Å². The maximum atomic E-state index is 11.9. The van der Waals surface area contributed by atoms with Crippen molar-refractivity contribution in [2.24, 2.45) is 5.41 Å². The molecule has 1 aromatic heterocycles. The van der Waals surface area contributed by atoms with Crippen molar-refractivity contribution in [1.29, 1.82) is 0 Å². The van der Waals surface area contributed by atoms with Crippen LogP contribution in [0.15, 0.2) is 30.6 Å². The number of methoxy groups -OCH3 is 1. The molecule has 21 heavy (non-hydrogen) atoms. The largest absolute Gasteiger partial charge is 0.465 e. The van der Waals surface area contributed by atoms with Gasteiger partial charge in [0.2, 0.25) is 0 Å². The lowest BCUT2D eigenvalue weighted by Crippen LogP contribution is -2.08. The standard InChI is InChI=1S/C16H19N3O2/c1-16(5-6-16)10-19-9-11(8-18-19)13-4-3-12(17)7-14(13)15(20)21-2/h3-4,7-9H,5-6,10,17H2,1-2H3. The number of esters is 1. The van der Waals surface area contributed by atoms with Crippen LogP contribution in [0.3, 0.4) is 0 Å². The summed E-state index contributed by atoms with van der Waals surface area (Å²) < 4.78 is 6.77. The number of carbonyl (C=O) groups excluding carboxylic acids is 1. The van der Waals surface area contributed by atoms with E-state index in [0.29, 0.717) is 16.7 Å². The number of nitrogen functional groups attached to an aromatic ring is 1. The Morgan fingerprint density at radius 2 is 2.24 bits per heavy atom. The van der Waals surface area contributed by atoms with Gasteiger partial charge in [0, 0.05) is 24.0 Å². The van der Waals surface area contributed by atoms with Gasteiger partial charge >= 0.3 is 5.97 Å². The first-order valence-electron chi connectivity index (χ1n) is 7.01. The van der Waals surface area contributed by atoms with Crippen LogP contribution in [0, 0.1) is 5.41 Å². The number of rotatable bonds is 4. The van der Waals surface area contributed by atoms with Crippen molar-refractivity contribution in [3.8, 4) is 11.1 Å². The first kappa shape index (κ1) is 13.7. The zero-order valence-electron chi connectivity index (χ0n) is 12.3. The van der Waals surface area contributed by atoms with Crippen molar-refractivity contribution < 1.29 is 9.53 Å². The summed E-state index contributed by atoms with van der Waals surface area (Å²) in [6, 6.07) is 5.25. The molecule has 0 radical (unpaired) electrons. The second kappa shape index (κ2) is 4.91. The van der Waals surface area contributed by atoms with Crippen molar-refractivity contribution >= 4 is 11.7 Å². The minimum Gasteiger partial charge on any atom is -0.465 e. The van der Waals surface area contributed by atoms with Gasteiger partial charge in [-0.3, -0.25) is 4.68 Å². The SMILES string of the molecule is COC(=O)c1cc(N)ccc1-c1cnn(CC2(C)CC2)c1. The first-order chi connectivity index (χ1) is 10.0. The molecule has 1 fully saturated rings. The summed E-state index contributed by atoms with van der Waals surface area (Å²) in [5.74, 6) is -0.390. The van der Waals surface area contributed by atoms with Crippen LogP contribution < -0.4 is 5.73 Å². The Morgan fingerprint density at radius 1 is 1.48 bits per heavy atom. The summed E-state index contributed by atoms with van der Waals surface area (Å²) in [5.41, 5.74) is 8.85. The van der Waals surface area contributed by atoms with Gasteiger partial charge in [-0.1, -0.05) is 13.0 Å². The molecule has 0 unspecified atom stereocenters. The molecule has 1 saturated carbocycles. The predicted octanol–water partition coefficient (Wildman–Crippen LogP) is 2.72. The molecule has 0 spiro atoms. The van der Waals surface area contributed by atoms with Gasteiger partial charge in [-0.15, -0.1) is 0 Å². The molecule has 3 rings (SSSR count). The highest BCUT2D eigenvalue weighted by atomic mass is 16.5. The number of hydrogen-bond donors (Lipinski definition) is 1. The van der Waals surface area contributed by atoms with Gasteiger partial charge in [-0.25, -0.2) is 4.79 Å². The van der Waals surface area contributed by atoms with Crippen molar-refractivity contribution in [2.45, 2.75) is 26.3 Å².